The molecular formula is C18H24. The molecule has 0 saturated heterocycles. The second kappa shape index (κ2) is 4.42. The van der Waals surface area contributed by atoms with Crippen LogP contribution in [0.4, 0.5) is 0 Å². The Kier molecular flexibility index (Phi) is 3.23. The van der Waals surface area contributed by atoms with Crippen molar-refractivity contribution >= 4 is 0 Å². The lowest BCUT2D eigenvalue weighted by atomic mass is 9.73. The summed E-state index contributed by atoms with van der Waals surface area (Å²) >= 11 is 0. The smallest absolute Gasteiger partial charge is 0.00475 e. The molecule has 96 valence electrons. The van der Waals surface area contributed by atoms with E-state index in [1.54, 1.807) is 0 Å². The van der Waals surface area contributed by atoms with Gasteiger partial charge in [-0.1, -0.05) is 83.2 Å². The fraction of sp³-hybridized carbons (Fsp3) is 0.444. The summed E-state index contributed by atoms with van der Waals surface area (Å²) in [5, 5.41) is 0. The van der Waals surface area contributed by atoms with E-state index in [1.165, 1.54) is 11.1 Å². The molecule has 0 N–H and O–H groups in total. The largest absolute Gasteiger partial charge is 0.0764 e. The zero-order valence-electron chi connectivity index (χ0n) is 12.2. The van der Waals surface area contributed by atoms with Crippen LogP contribution in [0.15, 0.2) is 54.1 Å². The van der Waals surface area contributed by atoms with E-state index in [2.05, 4.69) is 83.2 Å². The highest BCUT2D eigenvalue weighted by molar-refractivity contribution is 5.39. The maximum absolute atomic E-state index is 2.44. The molecule has 1 aromatic carbocycles. The van der Waals surface area contributed by atoms with Crippen molar-refractivity contribution in [3.05, 3.63) is 59.7 Å². The third kappa shape index (κ3) is 2.43. The summed E-state index contributed by atoms with van der Waals surface area (Å²) in [5.41, 5.74) is 3.27. The Morgan fingerprint density at radius 1 is 0.889 bits per heavy atom. The highest BCUT2D eigenvalue weighted by atomic mass is 14.4. The Balaban J connectivity index is 2.30. The minimum atomic E-state index is 0.157. The Hall–Kier alpha value is -1.30. The van der Waals surface area contributed by atoms with Crippen LogP contribution >= 0.6 is 0 Å². The lowest BCUT2D eigenvalue weighted by Crippen LogP contribution is -2.25. The average Bonchev–Trinajstić information content (AvgIpc) is 2.79. The summed E-state index contributed by atoms with van der Waals surface area (Å²) in [5.74, 6) is 0.495. The Labute approximate surface area is 111 Å². The summed E-state index contributed by atoms with van der Waals surface area (Å²) in [6.45, 7) is 11.5. The van der Waals surface area contributed by atoms with Crippen molar-refractivity contribution in [2.75, 3.05) is 0 Å². The van der Waals surface area contributed by atoms with Crippen molar-refractivity contribution in [3.8, 4) is 0 Å². The van der Waals surface area contributed by atoms with Gasteiger partial charge in [0.2, 0.25) is 0 Å². The van der Waals surface area contributed by atoms with Crippen LogP contribution in [0.25, 0.3) is 0 Å². The topological polar surface area (TPSA) is 0 Å². The van der Waals surface area contributed by atoms with Crippen molar-refractivity contribution in [3.63, 3.8) is 0 Å². The van der Waals surface area contributed by atoms with Gasteiger partial charge in [-0.25, -0.2) is 0 Å². The molecule has 0 heterocycles. The third-order valence-corrected chi connectivity index (χ3v) is 4.06. The molecule has 0 fully saturated rings. The fourth-order valence-corrected chi connectivity index (χ4v) is 2.52. The van der Waals surface area contributed by atoms with Crippen LogP contribution in [0.2, 0.25) is 0 Å². The van der Waals surface area contributed by atoms with Crippen LogP contribution < -0.4 is 0 Å². The summed E-state index contributed by atoms with van der Waals surface area (Å²) in [6, 6.07) is 10.8. The minimum absolute atomic E-state index is 0.157. The zero-order valence-corrected chi connectivity index (χ0v) is 12.2. The molecule has 0 aliphatic heterocycles. The standard InChI is InChI=1S/C18H24/c1-17(2,3)15-11-12-16(13-15)18(4,5)14-9-7-6-8-10-14/h6-13,16H,1-5H3. The second-order valence-corrected chi connectivity index (χ2v) is 6.84. The molecule has 0 radical (unpaired) electrons. The van der Waals surface area contributed by atoms with Gasteiger partial charge in [0.1, 0.15) is 0 Å². The Morgan fingerprint density at radius 2 is 1.50 bits per heavy atom. The van der Waals surface area contributed by atoms with Gasteiger partial charge in [-0.05, 0) is 22.0 Å². The van der Waals surface area contributed by atoms with Gasteiger partial charge in [-0.3, -0.25) is 0 Å². The number of rotatable bonds is 2. The van der Waals surface area contributed by atoms with E-state index < -0.39 is 0 Å². The average molecular weight is 240 g/mol. The zero-order chi connectivity index (χ0) is 13.4. The highest BCUT2D eigenvalue weighted by Gasteiger charge is 2.32. The molecular weight excluding hydrogens is 216 g/mol. The first kappa shape index (κ1) is 13.1. The van der Waals surface area contributed by atoms with Gasteiger partial charge in [-0.2, -0.15) is 0 Å². The van der Waals surface area contributed by atoms with Gasteiger partial charge in [0.15, 0.2) is 0 Å². The van der Waals surface area contributed by atoms with E-state index >= 15 is 0 Å². The van der Waals surface area contributed by atoms with Gasteiger partial charge in [0.05, 0.1) is 0 Å². The second-order valence-electron chi connectivity index (χ2n) is 6.84. The van der Waals surface area contributed by atoms with Crippen LogP contribution in [0, 0.1) is 11.3 Å². The Morgan fingerprint density at radius 3 is 2.00 bits per heavy atom. The molecule has 18 heavy (non-hydrogen) atoms. The molecule has 1 atom stereocenters. The lowest BCUT2D eigenvalue weighted by Gasteiger charge is -2.30. The highest BCUT2D eigenvalue weighted by Crippen LogP contribution is 2.40. The molecule has 0 saturated carbocycles. The molecule has 2 rings (SSSR count). The molecule has 0 bridgehead atoms. The van der Waals surface area contributed by atoms with Crippen LogP contribution in [0.3, 0.4) is 0 Å². The minimum Gasteiger partial charge on any atom is -0.0764 e. The van der Waals surface area contributed by atoms with Crippen molar-refractivity contribution in [1.82, 2.24) is 0 Å². The molecule has 0 heteroatoms. The first-order valence-electron chi connectivity index (χ1n) is 6.78. The van der Waals surface area contributed by atoms with Crippen molar-refractivity contribution < 1.29 is 0 Å². The summed E-state index contributed by atoms with van der Waals surface area (Å²) in [4.78, 5) is 0. The van der Waals surface area contributed by atoms with Crippen LogP contribution in [-0.4, -0.2) is 0 Å². The number of hydrogen-bond acceptors (Lipinski definition) is 0. The molecule has 1 unspecified atom stereocenters. The summed E-state index contributed by atoms with van der Waals surface area (Å²) in [7, 11) is 0. The van der Waals surface area contributed by atoms with Gasteiger partial charge in [0.25, 0.3) is 0 Å². The molecule has 0 nitrogen and oxygen atoms in total. The monoisotopic (exact) mass is 240 g/mol. The molecule has 0 spiro atoms. The van der Waals surface area contributed by atoms with E-state index in [4.69, 9.17) is 0 Å². The predicted octanol–water partition coefficient (Wildman–Crippen LogP) is 5.12. The van der Waals surface area contributed by atoms with E-state index in [0.29, 0.717) is 5.92 Å². The van der Waals surface area contributed by atoms with Gasteiger partial charge in [0, 0.05) is 5.92 Å². The molecule has 0 amide bonds. The molecule has 1 aliphatic carbocycles. The lowest BCUT2D eigenvalue weighted by molar-refractivity contribution is 0.442. The number of hydrogen-bond donors (Lipinski definition) is 0. The maximum atomic E-state index is 2.44. The SMILES string of the molecule is CC(C)(C)C1=CC(C(C)(C)c2ccccc2)C=C1. The summed E-state index contributed by atoms with van der Waals surface area (Å²) < 4.78 is 0. The fourth-order valence-electron chi connectivity index (χ4n) is 2.52. The van der Waals surface area contributed by atoms with Crippen LogP contribution in [0.1, 0.15) is 40.2 Å². The Bertz CT molecular complexity index is 467. The van der Waals surface area contributed by atoms with E-state index in [1.807, 2.05) is 0 Å². The quantitative estimate of drug-likeness (QED) is 0.673. The van der Waals surface area contributed by atoms with Gasteiger partial charge < -0.3 is 0 Å². The van der Waals surface area contributed by atoms with Crippen molar-refractivity contribution in [1.29, 1.82) is 0 Å². The van der Waals surface area contributed by atoms with E-state index in [-0.39, 0.29) is 10.8 Å². The van der Waals surface area contributed by atoms with Crippen LogP contribution in [0.5, 0.6) is 0 Å². The normalized spacial score (nSPS) is 20.1. The van der Waals surface area contributed by atoms with Crippen molar-refractivity contribution in [2.45, 2.75) is 40.0 Å². The first-order valence-corrected chi connectivity index (χ1v) is 6.78. The molecule has 0 aromatic heterocycles. The first-order chi connectivity index (χ1) is 8.32. The summed E-state index contributed by atoms with van der Waals surface area (Å²) in [6.07, 6.45) is 7.09. The van der Waals surface area contributed by atoms with E-state index in [0.717, 1.165) is 0 Å². The number of benzene rings is 1. The maximum Gasteiger partial charge on any atom is 0.00475 e. The van der Waals surface area contributed by atoms with Gasteiger partial charge in [-0.15, -0.1) is 0 Å². The number of allylic oxidation sites excluding steroid dienone is 4. The molecule has 1 aliphatic rings. The molecule has 1 aromatic rings. The van der Waals surface area contributed by atoms with Crippen molar-refractivity contribution in [2.24, 2.45) is 11.3 Å². The third-order valence-electron chi connectivity index (χ3n) is 4.06. The predicted molar refractivity (Wildman–Crippen MR) is 79.6 cm³/mol. The van der Waals surface area contributed by atoms with Crippen LogP contribution in [-0.2, 0) is 5.41 Å². The van der Waals surface area contributed by atoms with Gasteiger partial charge >= 0.3 is 0 Å². The van der Waals surface area contributed by atoms with E-state index in [9.17, 15) is 0 Å².